The molecule has 2 amide bonds. The maximum absolute atomic E-state index is 12.7. The van der Waals surface area contributed by atoms with Crippen LogP contribution in [0, 0.1) is 0 Å². The summed E-state index contributed by atoms with van der Waals surface area (Å²) < 4.78 is 0. The Morgan fingerprint density at radius 1 is 1.17 bits per heavy atom. The van der Waals surface area contributed by atoms with E-state index in [4.69, 9.17) is 11.6 Å². The Kier molecular flexibility index (Phi) is 4.30. The molecule has 1 aliphatic rings. The second-order valence-corrected chi connectivity index (χ2v) is 5.63. The number of anilines is 3. The fourth-order valence-electron chi connectivity index (χ4n) is 2.66. The van der Waals surface area contributed by atoms with Gasteiger partial charge in [0.25, 0.3) is 5.91 Å². The molecule has 2 aromatic rings. The zero-order chi connectivity index (χ0) is 16.4. The van der Waals surface area contributed by atoms with Gasteiger partial charge in [-0.25, -0.2) is 4.98 Å². The zero-order valence-electron chi connectivity index (χ0n) is 12.7. The molecule has 0 saturated carbocycles. The first kappa shape index (κ1) is 15.5. The molecule has 1 aromatic heterocycles. The smallest absolute Gasteiger partial charge is 0.260 e. The van der Waals surface area contributed by atoms with E-state index in [0.717, 1.165) is 0 Å². The van der Waals surface area contributed by atoms with Gasteiger partial charge in [-0.1, -0.05) is 12.1 Å². The molecule has 0 fully saturated rings. The Balaban J connectivity index is 2.21. The number of hydrogen-bond acceptors (Lipinski definition) is 3. The molecule has 0 radical (unpaired) electrons. The summed E-state index contributed by atoms with van der Waals surface area (Å²) in [6.45, 7) is 0. The number of amides is 2. The molecule has 1 aromatic carbocycles. The second-order valence-electron chi connectivity index (χ2n) is 5.25. The Labute approximate surface area is 139 Å². The largest absolute Gasteiger partial charge is 0.308 e. The van der Waals surface area contributed by atoms with Crippen LogP contribution in [0.15, 0.2) is 42.6 Å². The quantitative estimate of drug-likeness (QED) is 0.811. The van der Waals surface area contributed by atoms with Crippen molar-refractivity contribution in [3.8, 4) is 0 Å². The first-order chi connectivity index (χ1) is 11.1. The maximum atomic E-state index is 12.7. The minimum Gasteiger partial charge on any atom is -0.308 e. The molecular weight excluding hydrogens is 314 g/mol. The summed E-state index contributed by atoms with van der Waals surface area (Å²) in [5.41, 5.74) is 1.64. The van der Waals surface area contributed by atoms with Crippen LogP contribution in [-0.4, -0.2) is 29.7 Å². The normalized spacial score (nSPS) is 13.4. The molecule has 0 bridgehead atoms. The fourth-order valence-corrected chi connectivity index (χ4v) is 2.79. The molecule has 0 N–H and O–H groups in total. The Bertz CT molecular complexity index is 763. The van der Waals surface area contributed by atoms with Gasteiger partial charge in [0, 0.05) is 25.5 Å². The molecule has 1 aliphatic heterocycles. The molecule has 0 spiro atoms. The number of alkyl halides is 1. The van der Waals surface area contributed by atoms with E-state index in [1.807, 2.05) is 6.07 Å². The van der Waals surface area contributed by atoms with Crippen molar-refractivity contribution in [1.82, 2.24) is 4.98 Å². The van der Waals surface area contributed by atoms with Gasteiger partial charge in [-0.05, 0) is 30.7 Å². The minimum atomic E-state index is -0.164. The highest BCUT2D eigenvalue weighted by molar-refractivity contribution is 6.19. The van der Waals surface area contributed by atoms with E-state index in [-0.39, 0.29) is 11.8 Å². The van der Waals surface area contributed by atoms with Crippen molar-refractivity contribution in [2.45, 2.75) is 12.8 Å². The van der Waals surface area contributed by atoms with Crippen LogP contribution < -0.4 is 9.80 Å². The molecule has 6 heteroatoms. The predicted octanol–water partition coefficient (Wildman–Crippen LogP) is 3.36. The lowest BCUT2D eigenvalue weighted by atomic mass is 10.1. The second kappa shape index (κ2) is 6.38. The molecule has 0 saturated heterocycles. The number of carbonyl (C=O) groups excluding carboxylic acids is 2. The Morgan fingerprint density at radius 3 is 2.70 bits per heavy atom. The zero-order valence-corrected chi connectivity index (χ0v) is 13.5. The number of pyridine rings is 1. The monoisotopic (exact) mass is 329 g/mol. The van der Waals surface area contributed by atoms with Gasteiger partial charge in [0.2, 0.25) is 5.91 Å². The molecule has 2 heterocycles. The first-order valence-electron chi connectivity index (χ1n) is 7.36. The van der Waals surface area contributed by atoms with Crippen LogP contribution in [-0.2, 0) is 4.79 Å². The number of fused-ring (bicyclic) bond motifs is 2. The third-order valence-electron chi connectivity index (χ3n) is 3.79. The van der Waals surface area contributed by atoms with Crippen LogP contribution >= 0.6 is 11.6 Å². The summed E-state index contributed by atoms with van der Waals surface area (Å²) in [4.78, 5) is 32.9. The van der Waals surface area contributed by atoms with E-state index in [0.29, 0.717) is 41.5 Å². The molecule has 118 valence electrons. The molecule has 3 rings (SSSR count). The fraction of sp³-hybridized carbons (Fsp3) is 0.235. The average Bonchev–Trinajstić information content (AvgIpc) is 2.68. The molecule has 5 nitrogen and oxygen atoms in total. The molecule has 0 aliphatic carbocycles. The van der Waals surface area contributed by atoms with Crippen molar-refractivity contribution in [3.63, 3.8) is 0 Å². The van der Waals surface area contributed by atoms with Crippen LogP contribution in [0.2, 0.25) is 0 Å². The number of rotatable bonds is 3. The van der Waals surface area contributed by atoms with Crippen LogP contribution in [0.1, 0.15) is 23.2 Å². The topological polar surface area (TPSA) is 53.5 Å². The van der Waals surface area contributed by atoms with E-state index in [9.17, 15) is 9.59 Å². The van der Waals surface area contributed by atoms with E-state index in [1.54, 1.807) is 43.6 Å². The highest BCUT2D eigenvalue weighted by Crippen LogP contribution is 2.38. The lowest BCUT2D eigenvalue weighted by Gasteiger charge is -2.23. The van der Waals surface area contributed by atoms with Gasteiger partial charge in [-0.15, -0.1) is 11.6 Å². The minimum absolute atomic E-state index is 0.124. The van der Waals surface area contributed by atoms with Crippen LogP contribution in [0.4, 0.5) is 17.2 Å². The lowest BCUT2D eigenvalue weighted by Crippen LogP contribution is -2.27. The number of carbonyl (C=O) groups is 2. The van der Waals surface area contributed by atoms with Gasteiger partial charge in [-0.3, -0.25) is 14.5 Å². The molecule has 23 heavy (non-hydrogen) atoms. The highest BCUT2D eigenvalue weighted by Gasteiger charge is 2.32. The molecular formula is C17H16ClN3O2. The van der Waals surface area contributed by atoms with Gasteiger partial charge in [0.1, 0.15) is 0 Å². The van der Waals surface area contributed by atoms with Gasteiger partial charge >= 0.3 is 0 Å². The van der Waals surface area contributed by atoms with E-state index in [2.05, 4.69) is 4.98 Å². The summed E-state index contributed by atoms with van der Waals surface area (Å²) in [5.74, 6) is 0.589. The summed E-state index contributed by atoms with van der Waals surface area (Å²) in [5, 5.41) is 0. The van der Waals surface area contributed by atoms with Crippen molar-refractivity contribution >= 4 is 40.6 Å². The van der Waals surface area contributed by atoms with Crippen LogP contribution in [0.3, 0.4) is 0 Å². The van der Waals surface area contributed by atoms with Crippen molar-refractivity contribution in [1.29, 1.82) is 0 Å². The van der Waals surface area contributed by atoms with Crippen molar-refractivity contribution in [2.24, 2.45) is 0 Å². The summed E-state index contributed by atoms with van der Waals surface area (Å²) >= 11 is 5.71. The van der Waals surface area contributed by atoms with E-state index >= 15 is 0 Å². The number of hydrogen-bond donors (Lipinski definition) is 0. The first-order valence-corrected chi connectivity index (χ1v) is 7.89. The molecule has 0 atom stereocenters. The SMILES string of the molecule is CN1C(=O)c2ccccc2N(C(=O)CCCCl)c2ncccc21. The van der Waals surface area contributed by atoms with Crippen LogP contribution in [0.25, 0.3) is 0 Å². The van der Waals surface area contributed by atoms with Crippen molar-refractivity contribution in [3.05, 3.63) is 48.2 Å². The highest BCUT2D eigenvalue weighted by atomic mass is 35.5. The average molecular weight is 330 g/mol. The summed E-state index contributed by atoms with van der Waals surface area (Å²) in [6, 6.07) is 10.6. The third kappa shape index (κ3) is 2.68. The standard InChI is InChI=1S/C17H16ClN3O2/c1-20-14-8-5-11-19-16(14)21(15(22)9-4-10-18)13-7-3-2-6-12(13)17(20)23/h2-3,5-8,11H,4,9-10H2,1H3. The van der Waals surface area contributed by atoms with E-state index < -0.39 is 0 Å². The predicted molar refractivity (Wildman–Crippen MR) is 90.5 cm³/mol. The van der Waals surface area contributed by atoms with Gasteiger partial charge in [0.15, 0.2) is 5.82 Å². The Morgan fingerprint density at radius 2 is 1.91 bits per heavy atom. The van der Waals surface area contributed by atoms with Gasteiger partial charge < -0.3 is 4.90 Å². The summed E-state index contributed by atoms with van der Waals surface area (Å²) in [6.07, 6.45) is 2.49. The Hall–Kier alpha value is -2.40. The van der Waals surface area contributed by atoms with Gasteiger partial charge in [-0.2, -0.15) is 0 Å². The number of aromatic nitrogens is 1. The molecule has 0 unspecified atom stereocenters. The number of nitrogens with zero attached hydrogens (tertiary/aromatic N) is 3. The lowest BCUT2D eigenvalue weighted by molar-refractivity contribution is -0.117. The van der Waals surface area contributed by atoms with Crippen molar-refractivity contribution < 1.29 is 9.59 Å². The number of benzene rings is 1. The third-order valence-corrected chi connectivity index (χ3v) is 4.06. The summed E-state index contributed by atoms with van der Waals surface area (Å²) in [7, 11) is 1.69. The van der Waals surface area contributed by atoms with E-state index in [1.165, 1.54) is 9.80 Å². The maximum Gasteiger partial charge on any atom is 0.260 e. The van der Waals surface area contributed by atoms with Crippen molar-refractivity contribution in [2.75, 3.05) is 22.7 Å². The van der Waals surface area contributed by atoms with Gasteiger partial charge in [0.05, 0.1) is 16.9 Å². The number of para-hydroxylation sites is 1. The van der Waals surface area contributed by atoms with Crippen LogP contribution in [0.5, 0.6) is 0 Å². The number of halogens is 1.